The van der Waals surface area contributed by atoms with E-state index in [1.54, 1.807) is 18.2 Å². The van der Waals surface area contributed by atoms with Gasteiger partial charge in [0.25, 0.3) is 5.91 Å². The molecule has 0 spiro atoms. The molecule has 11 heteroatoms. The number of nitrogens with one attached hydrogen (secondary N) is 2. The van der Waals surface area contributed by atoms with Crippen LogP contribution in [0, 0.1) is 0 Å². The number of hydrogen-bond donors (Lipinski definition) is 3. The molecule has 11 nitrogen and oxygen atoms in total. The molecule has 1 heterocycles. The maximum Gasteiger partial charge on any atom is 0.266 e. The summed E-state index contributed by atoms with van der Waals surface area (Å²) in [6.07, 6.45) is 2.42. The third kappa shape index (κ3) is 8.06. The topological polar surface area (TPSA) is 150 Å². The van der Waals surface area contributed by atoms with E-state index >= 15 is 0 Å². The second-order valence-corrected chi connectivity index (χ2v) is 9.52. The standard InChI is InChI=1S/C29H38N6O5/c1-4-15-29(28(37)34-31-16-7-18-38-21(2)3)26(25-10-6-5-9-23(25)20-32-35-30)40-27(33-29)22-11-13-24(14-12-22)39-19-8-17-36/h4-6,9-14,21,26,31,36H,1,7-8,15-20H2,2-3H3,(H,34,37)/t26-,29-/m0/s1. The van der Waals surface area contributed by atoms with Gasteiger partial charge in [-0.3, -0.25) is 10.2 Å². The molecule has 0 fully saturated rings. The predicted molar refractivity (Wildman–Crippen MR) is 153 cm³/mol. The van der Waals surface area contributed by atoms with E-state index in [0.29, 0.717) is 55.4 Å². The molecule has 0 unspecified atom stereocenters. The number of benzene rings is 2. The van der Waals surface area contributed by atoms with Gasteiger partial charge >= 0.3 is 0 Å². The van der Waals surface area contributed by atoms with E-state index in [1.165, 1.54) is 0 Å². The minimum absolute atomic E-state index is 0.0549. The quantitative estimate of drug-likeness (QED) is 0.0658. The number of nitrogens with zero attached hydrogens (tertiary/aromatic N) is 4. The molecule has 0 bridgehead atoms. The van der Waals surface area contributed by atoms with Crippen molar-refractivity contribution in [3.8, 4) is 5.75 Å². The Kier molecular flexibility index (Phi) is 12.0. The van der Waals surface area contributed by atoms with Gasteiger partial charge in [-0.1, -0.05) is 35.5 Å². The summed E-state index contributed by atoms with van der Waals surface area (Å²) < 4.78 is 17.6. The van der Waals surface area contributed by atoms with Gasteiger partial charge in [0, 0.05) is 43.1 Å². The highest BCUT2D eigenvalue weighted by Crippen LogP contribution is 2.43. The van der Waals surface area contributed by atoms with E-state index in [9.17, 15) is 4.79 Å². The summed E-state index contributed by atoms with van der Waals surface area (Å²) in [4.78, 5) is 21.6. The lowest BCUT2D eigenvalue weighted by Crippen LogP contribution is -2.52. The summed E-state index contributed by atoms with van der Waals surface area (Å²) in [5.41, 5.74) is 15.4. The number of hydrogen-bond acceptors (Lipinski definition) is 8. The molecule has 1 amide bonds. The molecule has 0 saturated heterocycles. The molecule has 0 radical (unpaired) electrons. The van der Waals surface area contributed by atoms with Gasteiger partial charge in [-0.05, 0) is 61.2 Å². The Morgan fingerprint density at radius 2 is 2.02 bits per heavy atom. The Hall–Kier alpha value is -3.89. The number of azide groups is 1. The fourth-order valence-electron chi connectivity index (χ4n) is 4.28. The van der Waals surface area contributed by atoms with E-state index < -0.39 is 11.6 Å². The highest BCUT2D eigenvalue weighted by atomic mass is 16.5. The molecular weight excluding hydrogens is 512 g/mol. The Labute approximate surface area is 234 Å². The Bertz CT molecular complexity index is 1200. The molecule has 3 rings (SSSR count). The smallest absolute Gasteiger partial charge is 0.266 e. The van der Waals surface area contributed by atoms with Crippen LogP contribution in [0.3, 0.4) is 0 Å². The van der Waals surface area contributed by atoms with Crippen molar-refractivity contribution >= 4 is 11.8 Å². The molecule has 0 saturated carbocycles. The van der Waals surface area contributed by atoms with Crippen LogP contribution in [0.4, 0.5) is 0 Å². The molecule has 0 aromatic heterocycles. The zero-order valence-corrected chi connectivity index (χ0v) is 23.1. The monoisotopic (exact) mass is 550 g/mol. The van der Waals surface area contributed by atoms with E-state index in [-0.39, 0.29) is 31.6 Å². The summed E-state index contributed by atoms with van der Waals surface area (Å²) in [7, 11) is 0. The highest BCUT2D eigenvalue weighted by Gasteiger charge is 2.53. The van der Waals surface area contributed by atoms with Gasteiger partial charge in [-0.15, -0.1) is 6.58 Å². The van der Waals surface area contributed by atoms with Gasteiger partial charge in [0.1, 0.15) is 5.75 Å². The summed E-state index contributed by atoms with van der Waals surface area (Å²) >= 11 is 0. The number of aliphatic hydroxyl groups excluding tert-OH is 1. The fourth-order valence-corrected chi connectivity index (χ4v) is 4.28. The maximum atomic E-state index is 13.8. The lowest BCUT2D eigenvalue weighted by Gasteiger charge is -2.30. The number of carbonyl (C=O) groups excluding carboxylic acids is 1. The molecule has 2 aromatic rings. The van der Waals surface area contributed by atoms with Gasteiger partial charge in [0.2, 0.25) is 5.90 Å². The normalized spacial score (nSPS) is 18.0. The summed E-state index contributed by atoms with van der Waals surface area (Å²) in [5.74, 6) is 0.570. The van der Waals surface area contributed by atoms with Gasteiger partial charge in [-0.2, -0.15) is 0 Å². The van der Waals surface area contributed by atoms with Crippen LogP contribution in [-0.4, -0.2) is 54.9 Å². The second kappa shape index (κ2) is 15.6. The Balaban J connectivity index is 1.92. The van der Waals surface area contributed by atoms with Gasteiger partial charge in [-0.25, -0.2) is 10.4 Å². The summed E-state index contributed by atoms with van der Waals surface area (Å²) in [6.45, 7) is 9.47. The molecular formula is C29H38N6O5. The van der Waals surface area contributed by atoms with Crippen molar-refractivity contribution in [2.24, 2.45) is 10.1 Å². The first-order chi connectivity index (χ1) is 19.4. The Morgan fingerprint density at radius 1 is 1.25 bits per heavy atom. The van der Waals surface area contributed by atoms with Crippen LogP contribution in [0.1, 0.15) is 55.9 Å². The van der Waals surface area contributed by atoms with Crippen LogP contribution >= 0.6 is 0 Å². The molecule has 1 aliphatic heterocycles. The molecule has 40 heavy (non-hydrogen) atoms. The van der Waals surface area contributed by atoms with Crippen molar-refractivity contribution in [3.05, 3.63) is 88.3 Å². The van der Waals surface area contributed by atoms with Crippen molar-refractivity contribution in [2.75, 3.05) is 26.4 Å². The minimum Gasteiger partial charge on any atom is -0.494 e. The van der Waals surface area contributed by atoms with Crippen LogP contribution in [0.15, 0.2) is 71.3 Å². The SMILES string of the molecule is C=CC[C@]1(C(=O)NNCCCOC(C)C)N=C(c2ccc(OCCCO)cc2)O[C@H]1c1ccccc1CN=[N+]=[N-]. The average Bonchev–Trinajstić information content (AvgIpc) is 3.34. The van der Waals surface area contributed by atoms with E-state index in [1.807, 2.05) is 50.2 Å². The molecule has 2 atom stereocenters. The van der Waals surface area contributed by atoms with Crippen molar-refractivity contribution < 1.29 is 24.1 Å². The van der Waals surface area contributed by atoms with Crippen LogP contribution in [-0.2, 0) is 20.8 Å². The van der Waals surface area contributed by atoms with Gasteiger partial charge in [0.15, 0.2) is 11.6 Å². The van der Waals surface area contributed by atoms with Gasteiger partial charge in [0.05, 0.1) is 19.3 Å². The second-order valence-electron chi connectivity index (χ2n) is 9.52. The van der Waals surface area contributed by atoms with Crippen LogP contribution in [0.5, 0.6) is 5.75 Å². The number of hydrazine groups is 1. The number of aliphatic imine (C=N–C) groups is 1. The first-order valence-corrected chi connectivity index (χ1v) is 13.4. The van der Waals surface area contributed by atoms with E-state index in [4.69, 9.17) is 29.8 Å². The maximum absolute atomic E-state index is 13.8. The van der Waals surface area contributed by atoms with Crippen LogP contribution < -0.4 is 15.6 Å². The third-order valence-electron chi connectivity index (χ3n) is 6.23. The number of rotatable bonds is 17. The number of ether oxygens (including phenoxy) is 3. The number of carbonyl (C=O) groups is 1. The van der Waals surface area contributed by atoms with Crippen molar-refractivity contribution in [1.82, 2.24) is 10.9 Å². The predicted octanol–water partition coefficient (Wildman–Crippen LogP) is 4.53. The highest BCUT2D eigenvalue weighted by molar-refractivity contribution is 6.01. The third-order valence-corrected chi connectivity index (χ3v) is 6.23. The van der Waals surface area contributed by atoms with E-state index in [0.717, 1.165) is 5.56 Å². The largest absolute Gasteiger partial charge is 0.494 e. The van der Waals surface area contributed by atoms with Gasteiger partial charge < -0.3 is 19.3 Å². The first-order valence-electron chi connectivity index (χ1n) is 13.4. The van der Waals surface area contributed by atoms with Crippen LogP contribution in [0.25, 0.3) is 10.4 Å². The zero-order chi connectivity index (χ0) is 28.8. The minimum atomic E-state index is -1.37. The molecule has 3 N–H and O–H groups in total. The molecule has 214 valence electrons. The van der Waals surface area contributed by atoms with Crippen molar-refractivity contribution in [1.29, 1.82) is 0 Å². The zero-order valence-electron chi connectivity index (χ0n) is 23.1. The molecule has 2 aromatic carbocycles. The van der Waals surface area contributed by atoms with E-state index in [2.05, 4.69) is 27.5 Å². The number of amides is 1. The number of aliphatic hydroxyl groups is 1. The summed E-state index contributed by atoms with van der Waals surface area (Å²) in [6, 6.07) is 14.6. The average molecular weight is 551 g/mol. The van der Waals surface area contributed by atoms with Crippen LogP contribution in [0.2, 0.25) is 0 Å². The molecule has 1 aliphatic rings. The summed E-state index contributed by atoms with van der Waals surface area (Å²) in [5, 5.41) is 12.7. The molecule has 0 aliphatic carbocycles. The lowest BCUT2D eigenvalue weighted by atomic mass is 9.83. The lowest BCUT2D eigenvalue weighted by molar-refractivity contribution is -0.129. The fraction of sp³-hybridized carbons (Fsp3) is 0.448. The van der Waals surface area contributed by atoms with Crippen molar-refractivity contribution in [2.45, 2.75) is 57.4 Å². The first kappa shape index (κ1) is 30.6. The Morgan fingerprint density at radius 3 is 2.73 bits per heavy atom. The van der Waals surface area contributed by atoms with Crippen molar-refractivity contribution in [3.63, 3.8) is 0 Å².